The molecule has 0 aliphatic heterocycles. The molecule has 1 fully saturated rings. The summed E-state index contributed by atoms with van der Waals surface area (Å²) in [6.45, 7) is 3.58. The summed E-state index contributed by atoms with van der Waals surface area (Å²) in [5.41, 5.74) is -1.15. The molecule has 2 atom stereocenters. The predicted octanol–water partition coefficient (Wildman–Crippen LogP) is 4.00. The average Bonchev–Trinajstić information content (AvgIpc) is 2.30. The Hall–Kier alpha value is -0.180. The first-order valence-electron chi connectivity index (χ1n) is 6.56. The van der Waals surface area contributed by atoms with Gasteiger partial charge in [0.2, 0.25) is 6.43 Å². The molecule has 0 saturated heterocycles. The van der Waals surface area contributed by atoms with Crippen molar-refractivity contribution in [1.82, 2.24) is 0 Å². The van der Waals surface area contributed by atoms with Crippen molar-refractivity contribution in [2.75, 3.05) is 0 Å². The summed E-state index contributed by atoms with van der Waals surface area (Å²) in [6, 6.07) is 0. The summed E-state index contributed by atoms with van der Waals surface area (Å²) in [6.07, 6.45) is 3.55. The number of hydrogen-bond acceptors (Lipinski definition) is 1. The van der Waals surface area contributed by atoms with Crippen LogP contribution in [0.3, 0.4) is 0 Å². The van der Waals surface area contributed by atoms with Gasteiger partial charge in [0.1, 0.15) is 0 Å². The molecular weight excluding hydrogens is 210 g/mol. The van der Waals surface area contributed by atoms with Crippen molar-refractivity contribution >= 4 is 0 Å². The van der Waals surface area contributed by atoms with Crippen LogP contribution in [-0.2, 0) is 0 Å². The van der Waals surface area contributed by atoms with Crippen LogP contribution in [0, 0.1) is 11.8 Å². The van der Waals surface area contributed by atoms with Crippen LogP contribution in [0.4, 0.5) is 8.78 Å². The lowest BCUT2D eigenvalue weighted by molar-refractivity contribution is -0.131. The van der Waals surface area contributed by atoms with Crippen LogP contribution in [0.15, 0.2) is 0 Å². The standard InChI is InChI=1S/C13H24F2O/c1-3-11(12(14)15)13(16,4-2)10-8-6-5-7-9-10/h10-12,16H,3-9H2,1-2H3. The molecule has 1 aliphatic carbocycles. The van der Waals surface area contributed by atoms with Gasteiger partial charge in [-0.05, 0) is 31.6 Å². The smallest absolute Gasteiger partial charge is 0.244 e. The van der Waals surface area contributed by atoms with Crippen molar-refractivity contribution in [2.45, 2.75) is 70.8 Å². The Morgan fingerprint density at radius 2 is 1.75 bits per heavy atom. The average molecular weight is 234 g/mol. The van der Waals surface area contributed by atoms with Crippen LogP contribution in [0.2, 0.25) is 0 Å². The monoisotopic (exact) mass is 234 g/mol. The Bertz CT molecular complexity index is 202. The second kappa shape index (κ2) is 5.95. The maximum absolute atomic E-state index is 13.0. The predicted molar refractivity (Wildman–Crippen MR) is 61.6 cm³/mol. The highest BCUT2D eigenvalue weighted by Gasteiger charge is 2.45. The number of halogens is 2. The summed E-state index contributed by atoms with van der Waals surface area (Å²) in [5, 5.41) is 10.6. The van der Waals surface area contributed by atoms with E-state index < -0.39 is 17.9 Å². The molecule has 3 heteroatoms. The summed E-state index contributed by atoms with van der Waals surface area (Å²) < 4.78 is 26.0. The first-order valence-corrected chi connectivity index (χ1v) is 6.56. The Morgan fingerprint density at radius 1 is 1.19 bits per heavy atom. The lowest BCUT2D eigenvalue weighted by Gasteiger charge is -2.43. The van der Waals surface area contributed by atoms with Gasteiger partial charge in [-0.2, -0.15) is 0 Å². The Labute approximate surface area is 97.2 Å². The lowest BCUT2D eigenvalue weighted by atomic mass is 9.68. The third-order valence-electron chi connectivity index (χ3n) is 4.26. The van der Waals surface area contributed by atoms with E-state index in [0.29, 0.717) is 12.8 Å². The minimum absolute atomic E-state index is 0.0743. The van der Waals surface area contributed by atoms with Gasteiger partial charge in [0, 0.05) is 5.92 Å². The Morgan fingerprint density at radius 3 is 2.12 bits per heavy atom. The third-order valence-corrected chi connectivity index (χ3v) is 4.26. The van der Waals surface area contributed by atoms with E-state index in [0.717, 1.165) is 25.7 Å². The largest absolute Gasteiger partial charge is 0.389 e. The molecular formula is C13H24F2O. The van der Waals surface area contributed by atoms with E-state index >= 15 is 0 Å². The third kappa shape index (κ3) is 2.73. The van der Waals surface area contributed by atoms with E-state index in [1.165, 1.54) is 6.42 Å². The van der Waals surface area contributed by atoms with Crippen molar-refractivity contribution in [3.63, 3.8) is 0 Å². The molecule has 1 nitrogen and oxygen atoms in total. The van der Waals surface area contributed by atoms with Crippen LogP contribution >= 0.6 is 0 Å². The zero-order chi connectivity index (χ0) is 12.2. The van der Waals surface area contributed by atoms with Crippen LogP contribution < -0.4 is 0 Å². The van der Waals surface area contributed by atoms with Crippen LogP contribution in [0.25, 0.3) is 0 Å². The molecule has 1 saturated carbocycles. The molecule has 16 heavy (non-hydrogen) atoms. The van der Waals surface area contributed by atoms with E-state index in [-0.39, 0.29) is 5.92 Å². The second-order valence-electron chi connectivity index (χ2n) is 5.03. The first-order chi connectivity index (χ1) is 7.56. The normalized spacial score (nSPS) is 24.4. The van der Waals surface area contributed by atoms with E-state index in [2.05, 4.69) is 0 Å². The van der Waals surface area contributed by atoms with Crippen molar-refractivity contribution in [1.29, 1.82) is 0 Å². The SMILES string of the molecule is CCC(C(F)F)C(O)(CC)C1CCCCC1. The van der Waals surface area contributed by atoms with Gasteiger partial charge < -0.3 is 5.11 Å². The van der Waals surface area contributed by atoms with Crippen molar-refractivity contribution in [3.05, 3.63) is 0 Å². The zero-order valence-electron chi connectivity index (χ0n) is 10.4. The van der Waals surface area contributed by atoms with Crippen molar-refractivity contribution in [2.24, 2.45) is 11.8 Å². The molecule has 0 radical (unpaired) electrons. The van der Waals surface area contributed by atoms with Gasteiger partial charge in [-0.3, -0.25) is 0 Å². The summed E-state index contributed by atoms with van der Waals surface area (Å²) in [7, 11) is 0. The van der Waals surface area contributed by atoms with Gasteiger partial charge in [0.05, 0.1) is 5.60 Å². The molecule has 96 valence electrons. The quantitative estimate of drug-likeness (QED) is 0.762. The highest BCUT2D eigenvalue weighted by Crippen LogP contribution is 2.42. The molecule has 0 aromatic heterocycles. The molecule has 0 amide bonds. The van der Waals surface area contributed by atoms with E-state index in [1.54, 1.807) is 6.92 Å². The second-order valence-corrected chi connectivity index (χ2v) is 5.03. The van der Waals surface area contributed by atoms with Gasteiger partial charge >= 0.3 is 0 Å². The number of hydrogen-bond donors (Lipinski definition) is 1. The van der Waals surface area contributed by atoms with Crippen LogP contribution in [-0.4, -0.2) is 17.1 Å². The molecule has 1 aliphatic rings. The van der Waals surface area contributed by atoms with Gasteiger partial charge in [-0.1, -0.05) is 33.1 Å². The maximum atomic E-state index is 13.0. The van der Waals surface area contributed by atoms with Gasteiger partial charge in [-0.15, -0.1) is 0 Å². The van der Waals surface area contributed by atoms with E-state index in [1.807, 2.05) is 6.92 Å². The highest BCUT2D eigenvalue weighted by molar-refractivity contribution is 4.93. The van der Waals surface area contributed by atoms with E-state index in [4.69, 9.17) is 0 Å². The summed E-state index contributed by atoms with van der Waals surface area (Å²) in [5.74, 6) is -0.786. The van der Waals surface area contributed by atoms with Crippen molar-refractivity contribution in [3.8, 4) is 0 Å². The van der Waals surface area contributed by atoms with Crippen LogP contribution in [0.1, 0.15) is 58.8 Å². The highest BCUT2D eigenvalue weighted by atomic mass is 19.3. The molecule has 0 heterocycles. The zero-order valence-corrected chi connectivity index (χ0v) is 10.4. The molecule has 0 spiro atoms. The number of alkyl halides is 2. The number of rotatable bonds is 5. The fourth-order valence-electron chi connectivity index (χ4n) is 3.21. The Balaban J connectivity index is 2.80. The molecule has 2 unspecified atom stereocenters. The topological polar surface area (TPSA) is 20.2 Å². The summed E-state index contributed by atoms with van der Waals surface area (Å²) >= 11 is 0. The molecule has 1 rings (SSSR count). The Kier molecular flexibility index (Phi) is 5.16. The van der Waals surface area contributed by atoms with Gasteiger partial charge in [-0.25, -0.2) is 8.78 Å². The van der Waals surface area contributed by atoms with Crippen molar-refractivity contribution < 1.29 is 13.9 Å². The number of aliphatic hydroxyl groups is 1. The summed E-state index contributed by atoms with van der Waals surface area (Å²) in [4.78, 5) is 0. The maximum Gasteiger partial charge on any atom is 0.244 e. The molecule has 0 aromatic rings. The fraction of sp³-hybridized carbons (Fsp3) is 1.00. The van der Waals surface area contributed by atoms with Gasteiger partial charge in [0.25, 0.3) is 0 Å². The molecule has 0 bridgehead atoms. The molecule has 1 N–H and O–H groups in total. The van der Waals surface area contributed by atoms with E-state index in [9.17, 15) is 13.9 Å². The minimum atomic E-state index is -2.41. The molecule has 0 aromatic carbocycles. The lowest BCUT2D eigenvalue weighted by Crippen LogP contribution is -2.48. The fourth-order valence-corrected chi connectivity index (χ4v) is 3.21. The van der Waals surface area contributed by atoms with Crippen LogP contribution in [0.5, 0.6) is 0 Å². The minimum Gasteiger partial charge on any atom is -0.389 e. The first kappa shape index (κ1) is 13.9. The van der Waals surface area contributed by atoms with Gasteiger partial charge in [0.15, 0.2) is 0 Å².